The molecule has 0 saturated carbocycles. The number of carbonyl (C=O) groups excluding carboxylic acids is 1. The van der Waals surface area contributed by atoms with Gasteiger partial charge in [0, 0.05) is 31.9 Å². The van der Waals surface area contributed by atoms with Crippen LogP contribution in [0.2, 0.25) is 0 Å². The summed E-state index contributed by atoms with van der Waals surface area (Å²) < 4.78 is 37.3. The maximum atomic E-state index is 12.4. The van der Waals surface area contributed by atoms with Crippen LogP contribution in [0.3, 0.4) is 0 Å². The van der Waals surface area contributed by atoms with Gasteiger partial charge in [0.05, 0.1) is 12.5 Å². The third-order valence-corrected chi connectivity index (χ3v) is 3.76. The molecule has 23 heavy (non-hydrogen) atoms. The van der Waals surface area contributed by atoms with Crippen LogP contribution in [-0.4, -0.2) is 53.1 Å². The molecule has 1 unspecified atom stereocenters. The summed E-state index contributed by atoms with van der Waals surface area (Å²) in [6, 6.07) is 0. The predicted molar refractivity (Wildman–Crippen MR) is 78.7 cm³/mol. The first kappa shape index (κ1) is 17.7. The Kier molecular flexibility index (Phi) is 5.92. The van der Waals surface area contributed by atoms with Crippen LogP contribution < -0.4 is 5.32 Å². The van der Waals surface area contributed by atoms with Gasteiger partial charge in [-0.3, -0.25) is 9.69 Å². The first-order valence-electron chi connectivity index (χ1n) is 7.68. The van der Waals surface area contributed by atoms with Crippen molar-refractivity contribution in [3.05, 3.63) is 23.8 Å². The Morgan fingerprint density at radius 2 is 2.09 bits per heavy atom. The van der Waals surface area contributed by atoms with Crippen LogP contribution >= 0.6 is 0 Å². The maximum Gasteiger partial charge on any atom is 0.401 e. The zero-order valence-corrected chi connectivity index (χ0v) is 13.1. The van der Waals surface area contributed by atoms with Crippen molar-refractivity contribution < 1.29 is 18.0 Å². The summed E-state index contributed by atoms with van der Waals surface area (Å²) in [5, 5.41) is 2.77. The topological polar surface area (TPSA) is 58.1 Å². The molecule has 1 aromatic heterocycles. The van der Waals surface area contributed by atoms with Crippen LogP contribution in [0.4, 0.5) is 13.2 Å². The summed E-state index contributed by atoms with van der Waals surface area (Å²) >= 11 is 0. The normalized spacial score (nSPS) is 19.6. The molecule has 2 rings (SSSR count). The minimum absolute atomic E-state index is 0.159. The molecule has 8 heteroatoms. The largest absolute Gasteiger partial charge is 0.401 e. The van der Waals surface area contributed by atoms with Crippen molar-refractivity contribution in [2.75, 3.05) is 26.2 Å². The molecule has 1 fully saturated rings. The second-order valence-corrected chi connectivity index (χ2v) is 5.91. The average Bonchev–Trinajstić information content (AvgIpc) is 2.48. The Labute approximate surface area is 133 Å². The van der Waals surface area contributed by atoms with Crippen LogP contribution in [0.25, 0.3) is 0 Å². The van der Waals surface area contributed by atoms with Gasteiger partial charge in [-0.15, -0.1) is 0 Å². The lowest BCUT2D eigenvalue weighted by Gasteiger charge is -2.32. The van der Waals surface area contributed by atoms with Gasteiger partial charge < -0.3 is 5.32 Å². The fraction of sp³-hybridized carbons (Fsp3) is 0.667. The average molecular weight is 330 g/mol. The van der Waals surface area contributed by atoms with Gasteiger partial charge in [-0.1, -0.05) is 0 Å². The number of piperidine rings is 1. The smallest absolute Gasteiger partial charge is 0.355 e. The standard InChI is InChI=1S/C15H21F3N4O/c1-11-7-20-13(21-8-11)4-5-19-14(23)12-3-2-6-22(9-12)10-15(16,17)18/h7-8,12H,2-6,9-10H2,1H3,(H,19,23). The number of nitrogens with one attached hydrogen (secondary N) is 1. The van der Waals surface area contributed by atoms with Gasteiger partial charge in [-0.25, -0.2) is 9.97 Å². The van der Waals surface area contributed by atoms with Crippen molar-refractivity contribution in [1.82, 2.24) is 20.2 Å². The lowest BCUT2D eigenvalue weighted by Crippen LogP contribution is -2.46. The molecular weight excluding hydrogens is 309 g/mol. The number of aromatic nitrogens is 2. The molecule has 128 valence electrons. The van der Waals surface area contributed by atoms with E-state index in [1.807, 2.05) is 6.92 Å². The lowest BCUT2D eigenvalue weighted by atomic mass is 9.97. The van der Waals surface area contributed by atoms with Crippen LogP contribution in [-0.2, 0) is 11.2 Å². The summed E-state index contributed by atoms with van der Waals surface area (Å²) in [5.74, 6) is 0.0623. The van der Waals surface area contributed by atoms with Gasteiger partial charge in [0.1, 0.15) is 5.82 Å². The lowest BCUT2D eigenvalue weighted by molar-refractivity contribution is -0.152. The zero-order valence-electron chi connectivity index (χ0n) is 13.1. The molecule has 1 amide bonds. The summed E-state index contributed by atoms with van der Waals surface area (Å²) in [5.41, 5.74) is 0.963. The number of alkyl halides is 3. The molecule has 2 heterocycles. The van der Waals surface area contributed by atoms with Crippen molar-refractivity contribution in [3.63, 3.8) is 0 Å². The third-order valence-electron chi connectivity index (χ3n) is 3.76. The quantitative estimate of drug-likeness (QED) is 0.893. The van der Waals surface area contributed by atoms with Crippen molar-refractivity contribution in [2.24, 2.45) is 5.92 Å². The number of likely N-dealkylation sites (tertiary alicyclic amines) is 1. The maximum absolute atomic E-state index is 12.4. The molecule has 1 saturated heterocycles. The number of aryl methyl sites for hydroxylation is 1. The van der Waals surface area contributed by atoms with E-state index in [0.717, 1.165) is 5.56 Å². The number of halogens is 3. The highest BCUT2D eigenvalue weighted by molar-refractivity contribution is 5.78. The minimum Gasteiger partial charge on any atom is -0.355 e. The molecule has 1 aliphatic heterocycles. The molecule has 0 bridgehead atoms. The Balaban J connectivity index is 1.75. The van der Waals surface area contributed by atoms with E-state index < -0.39 is 12.7 Å². The molecule has 5 nitrogen and oxygen atoms in total. The number of rotatable bonds is 5. The van der Waals surface area contributed by atoms with Crippen molar-refractivity contribution >= 4 is 5.91 Å². The molecule has 1 N–H and O–H groups in total. The van der Waals surface area contributed by atoms with E-state index in [1.54, 1.807) is 12.4 Å². The second kappa shape index (κ2) is 7.72. The highest BCUT2D eigenvalue weighted by Crippen LogP contribution is 2.22. The fourth-order valence-corrected chi connectivity index (χ4v) is 2.66. The molecule has 0 radical (unpaired) electrons. The van der Waals surface area contributed by atoms with E-state index in [1.165, 1.54) is 4.90 Å². The van der Waals surface area contributed by atoms with E-state index in [2.05, 4.69) is 15.3 Å². The summed E-state index contributed by atoms with van der Waals surface area (Å²) in [4.78, 5) is 21.7. The molecular formula is C15H21F3N4O. The Bertz CT molecular complexity index is 518. The molecule has 1 aliphatic rings. The minimum atomic E-state index is -4.22. The highest BCUT2D eigenvalue weighted by atomic mass is 19.4. The van der Waals surface area contributed by atoms with Gasteiger partial charge in [0.2, 0.25) is 5.91 Å². The Morgan fingerprint density at radius 3 is 2.74 bits per heavy atom. The van der Waals surface area contributed by atoms with Crippen molar-refractivity contribution in [2.45, 2.75) is 32.4 Å². The van der Waals surface area contributed by atoms with E-state index >= 15 is 0 Å². The van der Waals surface area contributed by atoms with Crippen LogP contribution in [0.5, 0.6) is 0 Å². The van der Waals surface area contributed by atoms with E-state index in [-0.39, 0.29) is 18.4 Å². The van der Waals surface area contributed by atoms with Crippen molar-refractivity contribution in [3.8, 4) is 0 Å². The SMILES string of the molecule is Cc1cnc(CCNC(=O)C2CCCN(CC(F)(F)F)C2)nc1. The number of hydrogen-bond donors (Lipinski definition) is 1. The Morgan fingerprint density at radius 1 is 1.39 bits per heavy atom. The Hall–Kier alpha value is -1.70. The predicted octanol–water partition coefficient (Wildman–Crippen LogP) is 1.72. The molecule has 0 aromatic carbocycles. The van der Waals surface area contributed by atoms with Crippen molar-refractivity contribution in [1.29, 1.82) is 0 Å². The van der Waals surface area contributed by atoms with Gasteiger partial charge in [0.15, 0.2) is 0 Å². The molecule has 0 aliphatic carbocycles. The van der Waals surface area contributed by atoms with Gasteiger partial charge >= 0.3 is 6.18 Å². The number of hydrogen-bond acceptors (Lipinski definition) is 4. The second-order valence-electron chi connectivity index (χ2n) is 5.91. The monoisotopic (exact) mass is 330 g/mol. The van der Waals surface area contributed by atoms with Gasteiger partial charge in [0.25, 0.3) is 0 Å². The van der Waals surface area contributed by atoms with Crippen LogP contribution in [0.1, 0.15) is 24.2 Å². The number of nitrogens with zero attached hydrogens (tertiary/aromatic N) is 3. The highest BCUT2D eigenvalue weighted by Gasteiger charge is 2.34. The van der Waals surface area contributed by atoms with Gasteiger partial charge in [-0.2, -0.15) is 13.2 Å². The molecule has 1 atom stereocenters. The summed E-state index contributed by atoms with van der Waals surface area (Å²) in [6.45, 7) is 1.87. The molecule has 1 aromatic rings. The molecule has 0 spiro atoms. The van der Waals surface area contributed by atoms with Gasteiger partial charge in [-0.05, 0) is 31.9 Å². The van der Waals surface area contributed by atoms with Crippen LogP contribution in [0, 0.1) is 12.8 Å². The zero-order chi connectivity index (χ0) is 16.9. The number of carbonyl (C=O) groups is 1. The first-order chi connectivity index (χ1) is 10.8. The van der Waals surface area contributed by atoms with E-state index in [9.17, 15) is 18.0 Å². The van der Waals surface area contributed by atoms with E-state index in [0.29, 0.717) is 38.2 Å². The summed E-state index contributed by atoms with van der Waals surface area (Å²) in [6.07, 6.45) is 0.934. The van der Waals surface area contributed by atoms with E-state index in [4.69, 9.17) is 0 Å². The third kappa shape index (κ3) is 6.13. The summed E-state index contributed by atoms with van der Waals surface area (Å²) in [7, 11) is 0. The first-order valence-corrected chi connectivity index (χ1v) is 7.68. The van der Waals surface area contributed by atoms with Crippen LogP contribution in [0.15, 0.2) is 12.4 Å². The number of amides is 1. The fourth-order valence-electron chi connectivity index (χ4n) is 2.66.